The fourth-order valence-electron chi connectivity index (χ4n) is 13.6. The first-order chi connectivity index (χ1) is 59.1. The fraction of sp³-hybridized carbons (Fsp3) is 0.740. The molecule has 0 aliphatic heterocycles. The second kappa shape index (κ2) is 81.7. The molecule has 0 heterocycles. The first-order valence-electron chi connectivity index (χ1n) is 48.2. The normalized spacial score (nSPS) is 13.6. The number of benzene rings is 2. The molecule has 0 N–H and O–H groups in total. The number of phosphoric acid groups is 2. The number of rotatable bonds is 88. The number of hydrogen-bond acceptors (Lipinski definition) is 19. The molecule has 21 heteroatoms. The Morgan fingerprint density at radius 1 is 0.256 bits per heavy atom. The van der Waals surface area contributed by atoms with Gasteiger partial charge in [0.1, 0.15) is 25.1 Å². The predicted octanol–water partition coefficient (Wildman–Crippen LogP) is 29.0. The van der Waals surface area contributed by atoms with E-state index in [2.05, 4.69) is 76.3 Å². The summed E-state index contributed by atoms with van der Waals surface area (Å²) in [7, 11) is -9.69. The number of allylic oxidation sites excluding steroid dienone is 8. The van der Waals surface area contributed by atoms with Gasteiger partial charge in [0.2, 0.25) is 0 Å². The molecule has 2 aromatic rings. The number of carbonyl (C=O) groups is 6. The van der Waals surface area contributed by atoms with Crippen LogP contribution in [-0.4, -0.2) is 93.6 Å². The maximum Gasteiger partial charge on any atom is 0.475 e. The van der Waals surface area contributed by atoms with E-state index in [-0.39, 0.29) is 57.5 Å². The van der Waals surface area contributed by atoms with Gasteiger partial charge in [0.15, 0.2) is 12.2 Å². The Labute approximate surface area is 734 Å². The minimum Gasteiger partial charge on any atom is -0.462 e. The number of phosphoric ester groups is 2. The van der Waals surface area contributed by atoms with Gasteiger partial charge in [-0.25, -0.2) is 9.13 Å². The van der Waals surface area contributed by atoms with Crippen LogP contribution in [0.1, 0.15) is 418 Å². The third-order valence-corrected chi connectivity index (χ3v) is 23.9. The minimum atomic E-state index is -4.85. The summed E-state index contributed by atoms with van der Waals surface area (Å²) in [6, 6.07) is 17.6. The zero-order valence-electron chi connectivity index (χ0n) is 76.4. The third-order valence-electron chi connectivity index (χ3n) is 21.1. The molecular formula is C100H168O19P2. The van der Waals surface area contributed by atoms with Crippen molar-refractivity contribution in [2.75, 3.05) is 39.6 Å². The number of ether oxygens (including phenoxy) is 5. The van der Waals surface area contributed by atoms with Crippen LogP contribution in [0.15, 0.2) is 109 Å². The van der Waals surface area contributed by atoms with Gasteiger partial charge in [-0.2, -0.15) is 0 Å². The molecule has 2 unspecified atom stereocenters. The maximum atomic E-state index is 15.2. The van der Waals surface area contributed by atoms with E-state index in [0.29, 0.717) is 36.8 Å². The molecule has 0 aliphatic rings. The van der Waals surface area contributed by atoms with Gasteiger partial charge in [-0.05, 0) is 146 Å². The van der Waals surface area contributed by atoms with Crippen molar-refractivity contribution in [3.8, 4) is 0 Å². The smallest absolute Gasteiger partial charge is 0.462 e. The summed E-state index contributed by atoms with van der Waals surface area (Å²) in [6.45, 7) is 5.93. The Kier molecular flexibility index (Phi) is 75.4. The van der Waals surface area contributed by atoms with E-state index in [1.807, 2.05) is 0 Å². The SMILES string of the molecule is CCCCCCCC/C=C\CCCCCCCC(=O)OC[C@H](COP(=O)(OCc1ccccc1)OCC(COP(=O)(OCc1ccccc1)OC[C@@H](COC(=O)CCCCCCC/C=C\CCCCCCCC)OC(=O)CCCCCCC/C=C\CCCCCCCC)OC(=O)CCC(C)=O)OC(=O)CCCCCCC/C=C\CCCCCCCC. The van der Waals surface area contributed by atoms with Gasteiger partial charge in [-0.1, -0.05) is 342 Å². The van der Waals surface area contributed by atoms with Crippen LogP contribution in [0, 0.1) is 0 Å². The molecule has 2 rings (SSSR count). The van der Waals surface area contributed by atoms with Gasteiger partial charge in [0.25, 0.3) is 0 Å². The van der Waals surface area contributed by atoms with Crippen molar-refractivity contribution in [1.82, 2.24) is 0 Å². The molecule has 692 valence electrons. The lowest BCUT2D eigenvalue weighted by molar-refractivity contribution is -0.161. The van der Waals surface area contributed by atoms with Crippen LogP contribution in [-0.2, 0) is 102 Å². The van der Waals surface area contributed by atoms with Gasteiger partial charge in [0.05, 0.1) is 46.1 Å². The van der Waals surface area contributed by atoms with Crippen LogP contribution in [0.2, 0.25) is 0 Å². The Hall–Kier alpha value is -5.36. The van der Waals surface area contributed by atoms with Crippen molar-refractivity contribution < 1.29 is 88.7 Å². The van der Waals surface area contributed by atoms with Gasteiger partial charge >= 0.3 is 45.5 Å². The lowest BCUT2D eigenvalue weighted by Gasteiger charge is -2.26. The molecule has 0 amide bonds. The van der Waals surface area contributed by atoms with Crippen LogP contribution in [0.25, 0.3) is 0 Å². The number of unbranched alkanes of at least 4 members (excludes halogenated alkanes) is 44. The Balaban J connectivity index is 2.38. The predicted molar refractivity (Wildman–Crippen MR) is 491 cm³/mol. The van der Waals surface area contributed by atoms with E-state index in [0.717, 1.165) is 154 Å². The van der Waals surface area contributed by atoms with E-state index in [1.54, 1.807) is 60.7 Å². The molecule has 19 nitrogen and oxygen atoms in total. The molecule has 0 aliphatic carbocycles. The maximum absolute atomic E-state index is 15.2. The molecule has 0 aromatic heterocycles. The molecular weight excluding hydrogens is 1570 g/mol. The van der Waals surface area contributed by atoms with Crippen LogP contribution in [0.3, 0.4) is 0 Å². The second-order valence-electron chi connectivity index (χ2n) is 32.8. The average molecular weight is 1740 g/mol. The van der Waals surface area contributed by atoms with E-state index in [9.17, 15) is 28.8 Å². The number of ketones is 1. The highest BCUT2D eigenvalue weighted by Crippen LogP contribution is 2.53. The largest absolute Gasteiger partial charge is 0.475 e. The molecule has 2 aromatic carbocycles. The number of esters is 5. The fourth-order valence-corrected chi connectivity index (χ4v) is 16.1. The number of hydrogen-bond donors (Lipinski definition) is 0. The summed E-state index contributed by atoms with van der Waals surface area (Å²) in [4.78, 5) is 80.0. The van der Waals surface area contributed by atoms with E-state index in [4.69, 9.17) is 50.8 Å². The quantitative estimate of drug-likeness (QED) is 0.0197. The van der Waals surface area contributed by atoms with Crippen molar-refractivity contribution in [2.24, 2.45) is 0 Å². The molecule has 0 fully saturated rings. The highest BCUT2D eigenvalue weighted by molar-refractivity contribution is 7.48. The highest BCUT2D eigenvalue weighted by atomic mass is 31.2. The molecule has 0 saturated heterocycles. The third kappa shape index (κ3) is 72.5. The molecule has 0 radical (unpaired) electrons. The Morgan fingerprint density at radius 3 is 0.719 bits per heavy atom. The summed E-state index contributed by atoms with van der Waals surface area (Å²) < 4.78 is 95.7. The minimum absolute atomic E-state index is 0.0746. The van der Waals surface area contributed by atoms with Gasteiger partial charge in [0, 0.05) is 32.1 Å². The van der Waals surface area contributed by atoms with Gasteiger partial charge < -0.3 is 28.5 Å². The topological polar surface area (TPSA) is 238 Å². The highest BCUT2D eigenvalue weighted by Gasteiger charge is 2.36. The van der Waals surface area contributed by atoms with E-state index in [1.165, 1.54) is 161 Å². The monoisotopic (exact) mass is 1740 g/mol. The molecule has 121 heavy (non-hydrogen) atoms. The Morgan fingerprint density at radius 2 is 0.471 bits per heavy atom. The van der Waals surface area contributed by atoms with Crippen LogP contribution in [0.5, 0.6) is 0 Å². The summed E-state index contributed by atoms with van der Waals surface area (Å²) in [5, 5.41) is 0. The van der Waals surface area contributed by atoms with Gasteiger partial charge in [-0.3, -0.25) is 51.1 Å². The standard InChI is InChI=1S/C100H168O19P2/c1-6-10-14-18-22-26-30-34-38-42-46-50-54-58-68-76-96(102)109-84-93(117-98(104)78-70-60-56-52-48-44-40-36-32-28-24-20-16-12-8-3)86-113-120(107,111-82-91-72-64-62-65-73-91)115-88-95(119-100(106)81-80-90(5)101)89-116-121(108,112-83-92-74-66-63-67-75-92)114-87-94(118-99(105)79-71-61-57-53-49-45-41-37-33-29-25-21-17-13-9-4)85-110-97(103)77-69-59-55-51-47-43-39-35-31-27-23-19-15-11-7-2/h34-41,62-67,72-75,93-95H,6-33,42-61,68-71,76-89H2,1-5H3/b38-34-,39-35-,40-36-,41-37-/t93-,94-,95?,120?,121?/m1/s1. The van der Waals surface area contributed by atoms with Crippen LogP contribution < -0.4 is 0 Å². The number of Topliss-reactive ketones (excluding diaryl/α,β-unsaturated/α-hetero) is 1. The lowest BCUT2D eigenvalue weighted by Crippen LogP contribution is -2.31. The van der Waals surface area contributed by atoms with E-state index >= 15 is 9.13 Å². The van der Waals surface area contributed by atoms with Crippen molar-refractivity contribution in [1.29, 1.82) is 0 Å². The number of carbonyl (C=O) groups excluding carboxylic acids is 6. The Bertz CT molecular complexity index is 2850. The summed E-state index contributed by atoms with van der Waals surface area (Å²) in [5.41, 5.74) is 1.15. The summed E-state index contributed by atoms with van der Waals surface area (Å²) in [5.74, 6) is -3.32. The van der Waals surface area contributed by atoms with Crippen molar-refractivity contribution in [2.45, 2.75) is 439 Å². The zero-order valence-corrected chi connectivity index (χ0v) is 78.2. The first-order valence-corrected chi connectivity index (χ1v) is 51.2. The van der Waals surface area contributed by atoms with Crippen LogP contribution >= 0.6 is 15.6 Å². The summed E-state index contributed by atoms with van der Waals surface area (Å²) >= 11 is 0. The van der Waals surface area contributed by atoms with E-state index < -0.39 is 103 Å². The molecule has 0 spiro atoms. The van der Waals surface area contributed by atoms with Gasteiger partial charge in [-0.15, -0.1) is 0 Å². The van der Waals surface area contributed by atoms with Crippen molar-refractivity contribution >= 4 is 51.3 Å². The average Bonchev–Trinajstić information content (AvgIpc) is 0.860. The molecule has 0 bridgehead atoms. The van der Waals surface area contributed by atoms with Crippen molar-refractivity contribution in [3.63, 3.8) is 0 Å². The summed E-state index contributed by atoms with van der Waals surface area (Å²) in [6.07, 6.45) is 71.2. The molecule has 4 atom stereocenters. The first kappa shape index (κ1) is 112. The zero-order chi connectivity index (χ0) is 87.5. The second-order valence-corrected chi connectivity index (χ2v) is 36.2. The lowest BCUT2D eigenvalue weighted by atomic mass is 10.1. The van der Waals surface area contributed by atoms with Crippen molar-refractivity contribution in [3.05, 3.63) is 120 Å². The van der Waals surface area contributed by atoms with Crippen LogP contribution in [0.4, 0.5) is 0 Å². The molecule has 0 saturated carbocycles.